The average molecular weight is 803 g/mol. The molecule has 2 heterocycles. The van der Waals surface area contributed by atoms with Gasteiger partial charge in [-0.1, -0.05) is 135 Å². The zero-order valence-electron chi connectivity index (χ0n) is 34.8. The van der Waals surface area contributed by atoms with Crippen molar-refractivity contribution in [2.45, 2.75) is 235 Å². The summed E-state index contributed by atoms with van der Waals surface area (Å²) < 4.78 is 16.3. The Balaban J connectivity index is 1.63. The molecule has 13 nitrogen and oxygen atoms in total. The number of nitrogens with one attached hydrogen (secondary N) is 2. The van der Waals surface area contributed by atoms with Gasteiger partial charge in [-0.25, -0.2) is 0 Å². The molecule has 0 bridgehead atoms. The SMILES string of the molecule is CCCCCCCCCCCCCC[C@@H](O)[C@@H](O)[C@H](CO[C@H]1O[C@H](CO)[C@H](O)[C@H](O)[C@H]1O)NC(=O)CCCCCCCCCCCNC(=O)CCCCC1CO1. The third kappa shape index (κ3) is 23.9. The maximum atomic E-state index is 13.0. The molecule has 2 fully saturated rings. The van der Waals surface area contributed by atoms with Gasteiger partial charge in [0.1, 0.15) is 30.5 Å². The Morgan fingerprint density at radius 3 is 1.77 bits per heavy atom. The molecular formula is C43H82N2O11. The lowest BCUT2D eigenvalue weighted by Crippen LogP contribution is -2.60. The van der Waals surface area contributed by atoms with E-state index in [1.54, 1.807) is 0 Å². The van der Waals surface area contributed by atoms with Crippen molar-refractivity contribution in [3.63, 3.8) is 0 Å². The third-order valence-electron chi connectivity index (χ3n) is 11.3. The van der Waals surface area contributed by atoms with Crippen LogP contribution in [0.2, 0.25) is 0 Å². The molecule has 2 amide bonds. The Morgan fingerprint density at radius 1 is 0.679 bits per heavy atom. The highest BCUT2D eigenvalue weighted by Crippen LogP contribution is 2.23. The summed E-state index contributed by atoms with van der Waals surface area (Å²) in [7, 11) is 0. The second-order valence-electron chi connectivity index (χ2n) is 16.4. The van der Waals surface area contributed by atoms with E-state index in [2.05, 4.69) is 17.6 Å². The topological polar surface area (TPSA) is 211 Å². The van der Waals surface area contributed by atoms with Crippen LogP contribution >= 0.6 is 0 Å². The van der Waals surface area contributed by atoms with E-state index in [4.69, 9.17) is 14.2 Å². The van der Waals surface area contributed by atoms with Crippen LogP contribution in [0.5, 0.6) is 0 Å². The molecule has 2 rings (SSSR count). The van der Waals surface area contributed by atoms with E-state index < -0.39 is 55.6 Å². The van der Waals surface area contributed by atoms with Crippen LogP contribution in [0.15, 0.2) is 0 Å². The summed E-state index contributed by atoms with van der Waals surface area (Å²) in [6.07, 6.45) is 18.3. The summed E-state index contributed by atoms with van der Waals surface area (Å²) in [6, 6.07) is -1.01. The standard InChI is InChI=1S/C43H82N2O11/c1-2-3-4-5-6-7-8-9-11-14-17-20-26-35(47)39(50)34(32-55-43-42(53)41(52)40(51)36(30-46)56-43)45-38(49)28-21-18-15-12-10-13-16-19-24-29-44-37(48)27-23-22-25-33-31-54-33/h33-36,39-43,46-47,50-53H,2-32H2,1H3,(H,44,48)(H,45,49)/t33?,34-,35+,36+,39-,40-,41-,42+,43-/m0/s1. The van der Waals surface area contributed by atoms with Crippen LogP contribution in [0.1, 0.15) is 180 Å². The van der Waals surface area contributed by atoms with Gasteiger partial charge in [0.15, 0.2) is 6.29 Å². The van der Waals surface area contributed by atoms with E-state index in [0.29, 0.717) is 25.4 Å². The molecule has 2 aliphatic heterocycles. The lowest BCUT2D eigenvalue weighted by molar-refractivity contribution is -0.303. The Hall–Kier alpha value is -1.42. The van der Waals surface area contributed by atoms with Gasteiger partial charge in [-0.05, 0) is 32.1 Å². The lowest BCUT2D eigenvalue weighted by atomic mass is 9.98. The fourth-order valence-corrected chi connectivity index (χ4v) is 7.40. The van der Waals surface area contributed by atoms with E-state index in [0.717, 1.165) is 109 Å². The maximum Gasteiger partial charge on any atom is 0.220 e. The van der Waals surface area contributed by atoms with Crippen LogP contribution in [-0.4, -0.2) is 124 Å². The van der Waals surface area contributed by atoms with Gasteiger partial charge in [0, 0.05) is 19.4 Å². The molecule has 0 aromatic rings. The first-order valence-corrected chi connectivity index (χ1v) is 22.6. The number of aliphatic hydroxyl groups is 6. The highest BCUT2D eigenvalue weighted by atomic mass is 16.7. The molecule has 2 aliphatic rings. The number of aliphatic hydroxyl groups excluding tert-OH is 6. The van der Waals surface area contributed by atoms with Gasteiger partial charge in [0.25, 0.3) is 0 Å². The summed E-state index contributed by atoms with van der Waals surface area (Å²) in [6.45, 7) is 2.92. The smallest absolute Gasteiger partial charge is 0.220 e. The minimum atomic E-state index is -1.62. The monoisotopic (exact) mass is 803 g/mol. The van der Waals surface area contributed by atoms with Gasteiger partial charge in [-0.2, -0.15) is 0 Å². The van der Waals surface area contributed by atoms with Crippen LogP contribution in [0.3, 0.4) is 0 Å². The summed E-state index contributed by atoms with van der Waals surface area (Å²) in [4.78, 5) is 24.9. The number of epoxide rings is 1. The fourth-order valence-electron chi connectivity index (χ4n) is 7.40. The van der Waals surface area contributed by atoms with E-state index in [9.17, 15) is 40.2 Å². The van der Waals surface area contributed by atoms with Gasteiger partial charge in [-0.3, -0.25) is 9.59 Å². The second-order valence-corrected chi connectivity index (χ2v) is 16.4. The van der Waals surface area contributed by atoms with Crippen molar-refractivity contribution in [2.24, 2.45) is 0 Å². The molecule has 0 spiro atoms. The average Bonchev–Trinajstić information content (AvgIpc) is 4.03. The van der Waals surface area contributed by atoms with Gasteiger partial charge in [-0.15, -0.1) is 0 Å². The van der Waals surface area contributed by atoms with E-state index in [-0.39, 0.29) is 24.8 Å². The van der Waals surface area contributed by atoms with Crippen molar-refractivity contribution in [3.05, 3.63) is 0 Å². The Morgan fingerprint density at radius 2 is 1.20 bits per heavy atom. The van der Waals surface area contributed by atoms with Crippen molar-refractivity contribution in [1.29, 1.82) is 0 Å². The van der Waals surface area contributed by atoms with E-state index in [1.165, 1.54) is 51.4 Å². The largest absolute Gasteiger partial charge is 0.394 e. The minimum Gasteiger partial charge on any atom is -0.394 e. The van der Waals surface area contributed by atoms with Crippen molar-refractivity contribution in [1.82, 2.24) is 10.6 Å². The molecular weight excluding hydrogens is 720 g/mol. The molecule has 1 unspecified atom stereocenters. The molecule has 56 heavy (non-hydrogen) atoms. The Kier molecular flexibility index (Phi) is 29.4. The van der Waals surface area contributed by atoms with Crippen molar-refractivity contribution < 1.29 is 54.4 Å². The molecule has 0 saturated carbocycles. The third-order valence-corrected chi connectivity index (χ3v) is 11.3. The molecule has 0 aromatic heterocycles. The molecule has 13 heteroatoms. The number of hydrogen-bond donors (Lipinski definition) is 8. The summed E-state index contributed by atoms with van der Waals surface area (Å²) in [5.74, 6) is -0.143. The van der Waals surface area contributed by atoms with Crippen LogP contribution in [0.25, 0.3) is 0 Å². The van der Waals surface area contributed by atoms with Crippen LogP contribution in [-0.2, 0) is 23.8 Å². The lowest BCUT2D eigenvalue weighted by Gasteiger charge is -2.40. The predicted molar refractivity (Wildman–Crippen MR) is 217 cm³/mol. The van der Waals surface area contributed by atoms with Crippen molar-refractivity contribution in [2.75, 3.05) is 26.4 Å². The molecule has 0 aliphatic carbocycles. The number of unbranched alkanes of at least 4 members (excludes halogenated alkanes) is 20. The maximum absolute atomic E-state index is 13.0. The number of carbonyl (C=O) groups is 2. The molecule has 8 N–H and O–H groups in total. The normalized spacial score (nSPS) is 23.8. The van der Waals surface area contributed by atoms with E-state index >= 15 is 0 Å². The molecule has 330 valence electrons. The van der Waals surface area contributed by atoms with Gasteiger partial charge in [0.05, 0.1) is 38.1 Å². The number of rotatable bonds is 37. The summed E-state index contributed by atoms with van der Waals surface area (Å²) >= 11 is 0. The summed E-state index contributed by atoms with van der Waals surface area (Å²) in [5.41, 5.74) is 0. The zero-order chi connectivity index (χ0) is 40.8. The molecule has 0 aromatic carbocycles. The van der Waals surface area contributed by atoms with Crippen molar-refractivity contribution >= 4 is 11.8 Å². The molecule has 2 saturated heterocycles. The van der Waals surface area contributed by atoms with Gasteiger partial charge in [0.2, 0.25) is 11.8 Å². The first kappa shape index (κ1) is 50.7. The number of amides is 2. The van der Waals surface area contributed by atoms with Gasteiger partial charge < -0.3 is 55.5 Å². The highest BCUT2D eigenvalue weighted by Gasteiger charge is 2.44. The first-order chi connectivity index (χ1) is 27.2. The van der Waals surface area contributed by atoms with Crippen LogP contribution in [0, 0.1) is 0 Å². The minimum absolute atomic E-state index is 0.145. The Labute approximate surface area is 338 Å². The fraction of sp³-hybridized carbons (Fsp3) is 0.953. The highest BCUT2D eigenvalue weighted by molar-refractivity contribution is 5.76. The number of carbonyl (C=O) groups excluding carboxylic acids is 2. The second kappa shape index (κ2) is 32.4. The molecule has 0 radical (unpaired) electrons. The first-order valence-electron chi connectivity index (χ1n) is 22.6. The summed E-state index contributed by atoms with van der Waals surface area (Å²) in [5, 5.41) is 68.1. The van der Waals surface area contributed by atoms with E-state index in [1.807, 2.05) is 0 Å². The molecule has 9 atom stereocenters. The van der Waals surface area contributed by atoms with Crippen LogP contribution < -0.4 is 10.6 Å². The van der Waals surface area contributed by atoms with Crippen molar-refractivity contribution in [3.8, 4) is 0 Å². The Bertz CT molecular complexity index is 972. The zero-order valence-corrected chi connectivity index (χ0v) is 34.8. The van der Waals surface area contributed by atoms with Gasteiger partial charge >= 0.3 is 0 Å². The quantitative estimate of drug-likeness (QED) is 0.0307. The van der Waals surface area contributed by atoms with Crippen LogP contribution in [0.4, 0.5) is 0 Å². The number of hydrogen-bond acceptors (Lipinski definition) is 11. The number of ether oxygens (including phenoxy) is 3. The predicted octanol–water partition coefficient (Wildman–Crippen LogP) is 5.08.